The zero-order chi connectivity index (χ0) is 21.5. The number of Topliss-reactive ketones (excluding diaryl/α,β-unsaturated/α-hetero) is 1. The highest BCUT2D eigenvalue weighted by molar-refractivity contribution is 6.04. The maximum Gasteiger partial charge on any atom is 0.336 e. The number of nitrogens with zero attached hydrogens (tertiary/aromatic N) is 1. The number of ether oxygens (including phenoxy) is 1. The number of hydrogen-bond donors (Lipinski definition) is 1. The van der Waals surface area contributed by atoms with Gasteiger partial charge in [0.15, 0.2) is 11.5 Å². The van der Waals surface area contributed by atoms with Crippen molar-refractivity contribution in [2.24, 2.45) is 5.41 Å². The van der Waals surface area contributed by atoms with Crippen LogP contribution in [0.5, 0.6) is 0 Å². The maximum absolute atomic E-state index is 13.2. The van der Waals surface area contributed by atoms with Gasteiger partial charge in [-0.15, -0.1) is 0 Å². The lowest BCUT2D eigenvalue weighted by molar-refractivity contribution is -0.138. The number of esters is 1. The molecule has 0 saturated carbocycles. The Morgan fingerprint density at radius 2 is 2.00 bits per heavy atom. The Kier molecular flexibility index (Phi) is 5.10. The van der Waals surface area contributed by atoms with E-state index in [0.717, 1.165) is 17.7 Å². The van der Waals surface area contributed by atoms with Crippen molar-refractivity contribution in [3.8, 4) is 11.3 Å². The number of aromatic nitrogens is 1. The van der Waals surface area contributed by atoms with Gasteiger partial charge in [0.2, 0.25) is 0 Å². The molecular weight excluding hydrogens is 380 g/mol. The van der Waals surface area contributed by atoms with E-state index in [4.69, 9.17) is 9.26 Å². The van der Waals surface area contributed by atoms with Crippen molar-refractivity contribution in [1.82, 2.24) is 10.5 Å². The highest BCUT2D eigenvalue weighted by atomic mass is 16.5. The number of ketones is 1. The SMILES string of the molecule is CCOC(=O)C1=C(C)NC2=C(C(=O)CC(C)(C)C2)C1c1cc(-c2ccccc2)on1. The van der Waals surface area contributed by atoms with Crippen LogP contribution in [0.2, 0.25) is 0 Å². The summed E-state index contributed by atoms with van der Waals surface area (Å²) in [4.78, 5) is 26.1. The summed E-state index contributed by atoms with van der Waals surface area (Å²) in [5.41, 5.74) is 3.83. The fraction of sp³-hybridized carbons (Fsp3) is 0.375. The molecule has 0 bridgehead atoms. The number of carbonyl (C=O) groups is 2. The van der Waals surface area contributed by atoms with Crippen LogP contribution in [0, 0.1) is 5.41 Å². The number of carbonyl (C=O) groups excluding carboxylic acids is 2. The topological polar surface area (TPSA) is 81.4 Å². The third-order valence-corrected chi connectivity index (χ3v) is 5.62. The van der Waals surface area contributed by atoms with E-state index in [2.05, 4.69) is 24.3 Å². The first kappa shape index (κ1) is 20.1. The maximum atomic E-state index is 13.2. The third-order valence-electron chi connectivity index (χ3n) is 5.62. The van der Waals surface area contributed by atoms with Crippen LogP contribution in [0.15, 0.2) is 63.5 Å². The number of dihydropyridines is 1. The largest absolute Gasteiger partial charge is 0.463 e. The zero-order valence-electron chi connectivity index (χ0n) is 17.7. The van der Waals surface area contributed by atoms with Crippen LogP contribution >= 0.6 is 0 Å². The minimum Gasteiger partial charge on any atom is -0.463 e. The van der Waals surface area contributed by atoms with Gasteiger partial charge < -0.3 is 14.6 Å². The van der Waals surface area contributed by atoms with Gasteiger partial charge in [-0.2, -0.15) is 0 Å². The monoisotopic (exact) mass is 406 g/mol. The Hall–Kier alpha value is -3.15. The molecule has 0 spiro atoms. The van der Waals surface area contributed by atoms with Gasteiger partial charge in [-0.05, 0) is 25.7 Å². The second-order valence-corrected chi connectivity index (χ2v) is 8.63. The summed E-state index contributed by atoms with van der Waals surface area (Å²) in [5.74, 6) is -0.431. The van der Waals surface area contributed by atoms with E-state index in [1.54, 1.807) is 6.92 Å². The highest BCUT2D eigenvalue weighted by Gasteiger charge is 2.44. The summed E-state index contributed by atoms with van der Waals surface area (Å²) in [6.45, 7) is 8.02. The predicted molar refractivity (Wildman–Crippen MR) is 112 cm³/mol. The van der Waals surface area contributed by atoms with Crippen LogP contribution in [-0.2, 0) is 14.3 Å². The van der Waals surface area contributed by atoms with Gasteiger partial charge in [0.25, 0.3) is 0 Å². The number of hydrogen-bond acceptors (Lipinski definition) is 6. The smallest absolute Gasteiger partial charge is 0.336 e. The van der Waals surface area contributed by atoms with Crippen molar-refractivity contribution >= 4 is 11.8 Å². The Balaban J connectivity index is 1.84. The molecule has 156 valence electrons. The molecule has 0 amide bonds. The molecule has 0 saturated heterocycles. The van der Waals surface area contributed by atoms with Crippen molar-refractivity contribution in [2.45, 2.75) is 46.5 Å². The van der Waals surface area contributed by atoms with E-state index < -0.39 is 11.9 Å². The summed E-state index contributed by atoms with van der Waals surface area (Å²) in [7, 11) is 0. The van der Waals surface area contributed by atoms with E-state index >= 15 is 0 Å². The van der Waals surface area contributed by atoms with Gasteiger partial charge in [-0.3, -0.25) is 4.79 Å². The predicted octanol–water partition coefficient (Wildman–Crippen LogP) is 4.51. The molecule has 6 heteroatoms. The van der Waals surface area contributed by atoms with E-state index in [-0.39, 0.29) is 17.8 Å². The van der Waals surface area contributed by atoms with E-state index in [1.807, 2.05) is 43.3 Å². The van der Waals surface area contributed by atoms with E-state index in [1.165, 1.54) is 0 Å². The van der Waals surface area contributed by atoms with Crippen molar-refractivity contribution < 1.29 is 18.8 Å². The summed E-state index contributed by atoms with van der Waals surface area (Å²) in [6.07, 6.45) is 1.14. The molecule has 0 fully saturated rings. The number of rotatable bonds is 4. The molecule has 2 aromatic rings. The number of allylic oxidation sites excluding steroid dienone is 3. The lowest BCUT2D eigenvalue weighted by Crippen LogP contribution is -2.38. The van der Waals surface area contributed by atoms with Crippen LogP contribution in [0.3, 0.4) is 0 Å². The standard InChI is InChI=1S/C24H26N2O4/c1-5-29-23(28)20-14(2)25-17-12-24(3,4)13-18(27)21(17)22(20)16-11-19(30-26-16)15-9-7-6-8-10-15/h6-11,22,25H,5,12-13H2,1-4H3. The second kappa shape index (κ2) is 7.59. The molecular formula is C24H26N2O4. The molecule has 1 unspecified atom stereocenters. The zero-order valence-corrected chi connectivity index (χ0v) is 17.7. The fourth-order valence-electron chi connectivity index (χ4n) is 4.37. The molecule has 30 heavy (non-hydrogen) atoms. The van der Waals surface area contributed by atoms with E-state index in [9.17, 15) is 9.59 Å². The van der Waals surface area contributed by atoms with Crippen LogP contribution < -0.4 is 5.32 Å². The number of nitrogens with one attached hydrogen (secondary N) is 1. The van der Waals surface area contributed by atoms with Crippen LogP contribution in [0.1, 0.15) is 52.1 Å². The fourth-order valence-corrected chi connectivity index (χ4v) is 4.37. The summed E-state index contributed by atoms with van der Waals surface area (Å²) >= 11 is 0. The second-order valence-electron chi connectivity index (χ2n) is 8.63. The summed E-state index contributed by atoms with van der Waals surface area (Å²) in [5, 5.41) is 7.59. The summed E-state index contributed by atoms with van der Waals surface area (Å²) < 4.78 is 10.9. The van der Waals surface area contributed by atoms with Crippen LogP contribution in [0.4, 0.5) is 0 Å². The Morgan fingerprint density at radius 1 is 1.27 bits per heavy atom. The van der Waals surface area contributed by atoms with Gasteiger partial charge in [-0.25, -0.2) is 4.79 Å². The minimum atomic E-state index is -0.606. The highest BCUT2D eigenvalue weighted by Crippen LogP contribution is 2.46. The third kappa shape index (κ3) is 3.58. The lowest BCUT2D eigenvalue weighted by Gasteiger charge is -2.38. The van der Waals surface area contributed by atoms with Crippen molar-refractivity contribution in [2.75, 3.05) is 6.61 Å². The molecule has 1 atom stereocenters. The molecule has 2 aliphatic rings. The molecule has 4 rings (SSSR count). The first-order chi connectivity index (χ1) is 14.3. The Morgan fingerprint density at radius 3 is 2.70 bits per heavy atom. The lowest BCUT2D eigenvalue weighted by atomic mass is 9.69. The van der Waals surface area contributed by atoms with Gasteiger partial charge in [-0.1, -0.05) is 49.3 Å². The van der Waals surface area contributed by atoms with Crippen molar-refractivity contribution in [1.29, 1.82) is 0 Å². The van der Waals surface area contributed by atoms with Gasteiger partial charge in [0.05, 0.1) is 23.8 Å². The molecule has 1 aromatic heterocycles. The molecule has 1 aromatic carbocycles. The normalized spacial score (nSPS) is 20.7. The molecule has 1 aliphatic carbocycles. The Bertz CT molecular complexity index is 1060. The Labute approximate surface area is 176 Å². The van der Waals surface area contributed by atoms with Gasteiger partial charge in [0, 0.05) is 35.0 Å². The first-order valence-corrected chi connectivity index (χ1v) is 10.2. The molecule has 1 aliphatic heterocycles. The van der Waals surface area contributed by atoms with Crippen molar-refractivity contribution in [3.63, 3.8) is 0 Å². The van der Waals surface area contributed by atoms with Gasteiger partial charge >= 0.3 is 5.97 Å². The molecule has 1 N–H and O–H groups in total. The molecule has 0 radical (unpaired) electrons. The van der Waals surface area contributed by atoms with Crippen molar-refractivity contribution in [3.05, 3.63) is 64.6 Å². The summed E-state index contributed by atoms with van der Waals surface area (Å²) in [6, 6.07) is 11.4. The first-order valence-electron chi connectivity index (χ1n) is 10.2. The van der Waals surface area contributed by atoms with E-state index in [0.29, 0.717) is 34.7 Å². The molecule has 2 heterocycles. The van der Waals surface area contributed by atoms with Gasteiger partial charge in [0.1, 0.15) is 0 Å². The molecule has 6 nitrogen and oxygen atoms in total. The van der Waals surface area contributed by atoms with Crippen LogP contribution in [0.25, 0.3) is 11.3 Å². The number of benzene rings is 1. The average Bonchev–Trinajstić information content (AvgIpc) is 3.16. The average molecular weight is 406 g/mol. The van der Waals surface area contributed by atoms with Crippen LogP contribution in [-0.4, -0.2) is 23.5 Å². The quantitative estimate of drug-likeness (QED) is 0.753. The minimum absolute atomic E-state index is 0.0253.